The molecule has 1 saturated heterocycles. The van der Waals surface area contributed by atoms with Crippen LogP contribution in [-0.4, -0.2) is 34.7 Å². The lowest BCUT2D eigenvalue weighted by Crippen LogP contribution is -2.67. The van der Waals surface area contributed by atoms with Gasteiger partial charge in [-0.2, -0.15) is 0 Å². The number of hydrogen-bond donors (Lipinski definition) is 0. The van der Waals surface area contributed by atoms with Gasteiger partial charge in [0.2, 0.25) is 0 Å². The van der Waals surface area contributed by atoms with Gasteiger partial charge in [-0.3, -0.25) is 0 Å². The smallest absolute Gasteiger partial charge is 0.261 e. The van der Waals surface area contributed by atoms with Crippen molar-refractivity contribution >= 4 is 18.7 Å². The van der Waals surface area contributed by atoms with Gasteiger partial charge in [-0.15, -0.1) is 0 Å². The summed E-state index contributed by atoms with van der Waals surface area (Å²) in [5.74, 6) is 0.818. The zero-order valence-electron chi connectivity index (χ0n) is 19.3. The molecule has 1 fully saturated rings. The van der Waals surface area contributed by atoms with Crippen LogP contribution in [0.5, 0.6) is 5.75 Å². The molecule has 0 aromatic heterocycles. The van der Waals surface area contributed by atoms with Gasteiger partial charge >= 0.3 is 0 Å². The van der Waals surface area contributed by atoms with Gasteiger partial charge in [0.1, 0.15) is 11.9 Å². The molecule has 1 aliphatic rings. The van der Waals surface area contributed by atoms with Crippen molar-refractivity contribution in [2.45, 2.75) is 38.2 Å². The van der Waals surface area contributed by atoms with Gasteiger partial charge in [0.25, 0.3) is 8.32 Å². The molecular weight excluding hydrogens is 416 g/mol. The molecule has 0 spiro atoms. The molecule has 3 aromatic rings. The Morgan fingerprint density at radius 3 is 1.91 bits per heavy atom. The quantitative estimate of drug-likeness (QED) is 0.492. The maximum Gasteiger partial charge on any atom is 0.261 e. The number of benzene rings is 3. The van der Waals surface area contributed by atoms with Gasteiger partial charge in [0, 0.05) is 5.56 Å². The summed E-state index contributed by atoms with van der Waals surface area (Å²) in [5, 5.41) is 2.47. The van der Waals surface area contributed by atoms with Crippen molar-refractivity contribution in [2.75, 3.05) is 20.3 Å². The molecule has 0 amide bonds. The molecule has 0 aliphatic carbocycles. The Morgan fingerprint density at radius 1 is 0.844 bits per heavy atom. The molecule has 32 heavy (non-hydrogen) atoms. The van der Waals surface area contributed by atoms with Crippen LogP contribution in [0, 0.1) is 0 Å². The van der Waals surface area contributed by atoms with Crippen LogP contribution in [0.25, 0.3) is 0 Å². The van der Waals surface area contributed by atoms with Crippen molar-refractivity contribution in [1.82, 2.24) is 0 Å². The van der Waals surface area contributed by atoms with Crippen molar-refractivity contribution in [3.05, 3.63) is 90.5 Å². The van der Waals surface area contributed by atoms with E-state index in [0.29, 0.717) is 13.2 Å². The van der Waals surface area contributed by atoms with Crippen molar-refractivity contribution in [3.8, 4) is 5.75 Å². The van der Waals surface area contributed by atoms with Crippen molar-refractivity contribution in [3.63, 3.8) is 0 Å². The van der Waals surface area contributed by atoms with Crippen molar-refractivity contribution in [1.29, 1.82) is 0 Å². The fourth-order valence-corrected chi connectivity index (χ4v) is 9.04. The Labute approximate surface area is 192 Å². The number of hydrogen-bond acceptors (Lipinski definition) is 4. The molecule has 2 atom stereocenters. The minimum Gasteiger partial charge on any atom is -0.497 e. The van der Waals surface area contributed by atoms with Crippen LogP contribution in [0.1, 0.15) is 32.6 Å². The Hall–Kier alpha value is -2.44. The third-order valence-corrected chi connectivity index (χ3v) is 11.0. The first-order valence-electron chi connectivity index (χ1n) is 11.1. The summed E-state index contributed by atoms with van der Waals surface area (Å²) in [5.41, 5.74) is 0.985. The van der Waals surface area contributed by atoms with Crippen molar-refractivity contribution < 1.29 is 18.6 Å². The number of ether oxygens (including phenoxy) is 3. The lowest BCUT2D eigenvalue weighted by Gasteiger charge is -2.43. The summed E-state index contributed by atoms with van der Waals surface area (Å²) in [6.07, 6.45) is -0.502. The fourth-order valence-electron chi connectivity index (χ4n) is 4.45. The summed E-state index contributed by atoms with van der Waals surface area (Å²) in [4.78, 5) is 0. The molecule has 4 nitrogen and oxygen atoms in total. The minimum atomic E-state index is -2.58. The highest BCUT2D eigenvalue weighted by Gasteiger charge is 2.50. The SMILES string of the molecule is COc1ccc(C2OCC(CO[Si](c3ccccc3)(c3ccccc3)C(C)(C)C)O2)cc1. The van der Waals surface area contributed by atoms with Crippen LogP contribution in [0.15, 0.2) is 84.9 Å². The van der Waals surface area contributed by atoms with Crippen LogP contribution in [-0.2, 0) is 13.9 Å². The second kappa shape index (κ2) is 9.59. The largest absolute Gasteiger partial charge is 0.497 e. The van der Waals surface area contributed by atoms with E-state index >= 15 is 0 Å². The maximum absolute atomic E-state index is 6.98. The van der Waals surface area contributed by atoms with E-state index in [9.17, 15) is 0 Å². The van der Waals surface area contributed by atoms with Gasteiger partial charge in [0.15, 0.2) is 6.29 Å². The van der Waals surface area contributed by atoms with E-state index in [2.05, 4.69) is 81.4 Å². The Morgan fingerprint density at radius 2 is 1.41 bits per heavy atom. The van der Waals surface area contributed by atoms with Gasteiger partial charge in [-0.05, 0) is 27.5 Å². The summed E-state index contributed by atoms with van der Waals surface area (Å²) in [6.45, 7) is 7.84. The van der Waals surface area contributed by atoms with Crippen LogP contribution < -0.4 is 15.1 Å². The van der Waals surface area contributed by atoms with Gasteiger partial charge < -0.3 is 18.6 Å². The molecule has 168 valence electrons. The van der Waals surface area contributed by atoms with Gasteiger partial charge in [0.05, 0.1) is 20.3 Å². The van der Waals surface area contributed by atoms with E-state index in [0.717, 1.165) is 11.3 Å². The molecule has 0 radical (unpaired) electrons. The van der Waals surface area contributed by atoms with Crippen LogP contribution >= 0.6 is 0 Å². The molecule has 5 heteroatoms. The van der Waals surface area contributed by atoms with Crippen LogP contribution in [0.2, 0.25) is 5.04 Å². The van der Waals surface area contributed by atoms with E-state index in [1.807, 2.05) is 24.3 Å². The molecule has 3 aromatic carbocycles. The lowest BCUT2D eigenvalue weighted by molar-refractivity contribution is -0.0664. The normalized spacial score (nSPS) is 19.1. The molecule has 0 saturated carbocycles. The molecule has 0 bridgehead atoms. The standard InChI is InChI=1S/C27H32O4Si/c1-27(2,3)32(24-11-7-5-8-12-24,25-13-9-6-10-14-25)30-20-23-19-29-26(31-23)21-15-17-22(28-4)18-16-21/h5-18,23,26H,19-20H2,1-4H3. The topological polar surface area (TPSA) is 36.9 Å². The van der Waals surface area contributed by atoms with Gasteiger partial charge in [-0.25, -0.2) is 0 Å². The Bertz CT molecular complexity index is 944. The number of rotatable bonds is 7. The molecule has 1 aliphatic heterocycles. The molecule has 1 heterocycles. The minimum absolute atomic E-state index is 0.0649. The van der Waals surface area contributed by atoms with E-state index in [1.165, 1.54) is 10.4 Å². The number of methoxy groups -OCH3 is 1. The van der Waals surface area contributed by atoms with Crippen LogP contribution in [0.3, 0.4) is 0 Å². The average Bonchev–Trinajstić information content (AvgIpc) is 3.29. The predicted octanol–water partition coefficient (Wildman–Crippen LogP) is 4.69. The fraction of sp³-hybridized carbons (Fsp3) is 0.333. The molecular formula is C27H32O4Si. The zero-order chi connectivity index (χ0) is 22.6. The highest BCUT2D eigenvalue weighted by Crippen LogP contribution is 2.37. The highest BCUT2D eigenvalue weighted by molar-refractivity contribution is 6.99. The van der Waals surface area contributed by atoms with E-state index in [4.69, 9.17) is 18.6 Å². The zero-order valence-corrected chi connectivity index (χ0v) is 20.3. The molecule has 0 N–H and O–H groups in total. The second-order valence-corrected chi connectivity index (χ2v) is 13.5. The third kappa shape index (κ3) is 4.52. The molecule has 4 rings (SSSR count). The van der Waals surface area contributed by atoms with E-state index in [1.54, 1.807) is 7.11 Å². The van der Waals surface area contributed by atoms with Crippen molar-refractivity contribution in [2.24, 2.45) is 0 Å². The summed E-state index contributed by atoms with van der Waals surface area (Å²) in [7, 11) is -0.920. The summed E-state index contributed by atoms with van der Waals surface area (Å²) in [6, 6.07) is 29.2. The van der Waals surface area contributed by atoms with E-state index < -0.39 is 8.32 Å². The monoisotopic (exact) mass is 448 g/mol. The lowest BCUT2D eigenvalue weighted by atomic mass is 10.2. The average molecular weight is 449 g/mol. The maximum atomic E-state index is 6.98. The first kappa shape index (κ1) is 22.7. The van der Waals surface area contributed by atoms with Crippen LogP contribution in [0.4, 0.5) is 0 Å². The second-order valence-electron chi connectivity index (χ2n) is 9.17. The Balaban J connectivity index is 1.57. The third-order valence-electron chi connectivity index (χ3n) is 6.04. The molecule has 2 unspecified atom stereocenters. The summed E-state index contributed by atoms with van der Waals surface area (Å²) < 4.78 is 24.4. The Kier molecular flexibility index (Phi) is 6.81. The highest BCUT2D eigenvalue weighted by atomic mass is 28.4. The first-order valence-corrected chi connectivity index (χ1v) is 13.0. The van der Waals surface area contributed by atoms with Gasteiger partial charge in [-0.1, -0.05) is 93.6 Å². The first-order chi connectivity index (χ1) is 15.4. The predicted molar refractivity (Wildman–Crippen MR) is 130 cm³/mol. The van der Waals surface area contributed by atoms with E-state index in [-0.39, 0.29) is 17.4 Å². The summed E-state index contributed by atoms with van der Waals surface area (Å²) >= 11 is 0.